The molecule has 74 valence electrons. The first-order valence-electron chi connectivity index (χ1n) is 4.29. The number of carbonyl (C=O) groups excluding carboxylic acids is 2. The van der Waals surface area contributed by atoms with E-state index in [0.29, 0.717) is 12.8 Å². The Hall–Kier alpha value is -1.13. The zero-order valence-corrected chi connectivity index (χ0v) is 7.47. The second-order valence-corrected chi connectivity index (χ2v) is 3.22. The summed E-state index contributed by atoms with van der Waals surface area (Å²) in [6, 6.07) is -0.952. The van der Waals surface area contributed by atoms with Crippen molar-refractivity contribution in [3.8, 4) is 0 Å². The molecule has 0 aromatic carbocycles. The molecule has 2 N–H and O–H groups in total. The maximum Gasteiger partial charge on any atom is 0.242 e. The highest BCUT2D eigenvalue weighted by molar-refractivity contribution is 5.90. The largest absolute Gasteiger partial charge is 0.349 e. The van der Waals surface area contributed by atoms with Gasteiger partial charge in [0.05, 0.1) is 6.04 Å². The minimum absolute atomic E-state index is 0.118. The first kappa shape index (κ1) is 9.95. The minimum Gasteiger partial charge on any atom is -0.349 e. The van der Waals surface area contributed by atoms with E-state index in [9.17, 15) is 14.0 Å². The highest BCUT2D eigenvalue weighted by atomic mass is 19.1. The molecule has 2 atom stereocenters. The first-order chi connectivity index (χ1) is 6.13. The van der Waals surface area contributed by atoms with Crippen LogP contribution in [0.2, 0.25) is 0 Å². The molecule has 0 radical (unpaired) electrons. The van der Waals surface area contributed by atoms with Crippen LogP contribution in [0.5, 0.6) is 0 Å². The Morgan fingerprint density at radius 3 is 3.00 bits per heavy atom. The fraction of sp³-hybridized carbons (Fsp3) is 0.750. The number of alkyl halides is 1. The topological polar surface area (TPSA) is 58.2 Å². The van der Waals surface area contributed by atoms with E-state index in [-0.39, 0.29) is 11.8 Å². The van der Waals surface area contributed by atoms with Crippen molar-refractivity contribution in [3.05, 3.63) is 0 Å². The molecule has 1 unspecified atom stereocenters. The van der Waals surface area contributed by atoms with Crippen LogP contribution in [0.25, 0.3) is 0 Å². The van der Waals surface area contributed by atoms with E-state index in [1.807, 2.05) is 0 Å². The number of carbonyl (C=O) groups is 2. The van der Waals surface area contributed by atoms with Gasteiger partial charge in [-0.25, -0.2) is 4.39 Å². The fourth-order valence-electron chi connectivity index (χ4n) is 1.19. The molecule has 0 aliphatic carbocycles. The van der Waals surface area contributed by atoms with Crippen molar-refractivity contribution in [2.45, 2.75) is 31.8 Å². The van der Waals surface area contributed by atoms with Crippen molar-refractivity contribution in [1.29, 1.82) is 0 Å². The molecule has 4 nitrogen and oxygen atoms in total. The molecule has 1 heterocycles. The average Bonchev–Trinajstić information content (AvgIpc) is 2.51. The molecule has 1 rings (SSSR count). The van der Waals surface area contributed by atoms with E-state index in [0.717, 1.165) is 0 Å². The third-order valence-electron chi connectivity index (χ3n) is 1.93. The highest BCUT2D eigenvalue weighted by Crippen LogP contribution is 2.06. The Labute approximate surface area is 75.9 Å². The van der Waals surface area contributed by atoms with E-state index in [2.05, 4.69) is 10.6 Å². The normalized spacial score (nSPS) is 23.8. The third kappa shape index (κ3) is 2.68. The van der Waals surface area contributed by atoms with E-state index >= 15 is 0 Å². The van der Waals surface area contributed by atoms with Gasteiger partial charge in [0.2, 0.25) is 11.8 Å². The van der Waals surface area contributed by atoms with Crippen LogP contribution in [0, 0.1) is 0 Å². The Morgan fingerprint density at radius 2 is 2.54 bits per heavy atom. The van der Waals surface area contributed by atoms with Gasteiger partial charge >= 0.3 is 0 Å². The number of hydrogen-bond acceptors (Lipinski definition) is 2. The van der Waals surface area contributed by atoms with E-state index < -0.39 is 18.8 Å². The van der Waals surface area contributed by atoms with Crippen LogP contribution in [-0.2, 0) is 9.59 Å². The standard InChI is InChI=1S/C8H13FN2O2/c1-5(4-9)10-8(13)6-2-3-7(12)11-6/h5-6H,2-4H2,1H3,(H,10,13)(H,11,12)/t5?,6-/m1/s1. The molecule has 0 bridgehead atoms. The molecule has 1 aliphatic heterocycles. The maximum atomic E-state index is 12.0. The summed E-state index contributed by atoms with van der Waals surface area (Å²) >= 11 is 0. The number of hydrogen-bond donors (Lipinski definition) is 2. The molecule has 13 heavy (non-hydrogen) atoms. The Bertz CT molecular complexity index is 220. The van der Waals surface area contributed by atoms with Crippen molar-refractivity contribution >= 4 is 11.8 Å². The van der Waals surface area contributed by atoms with Crippen molar-refractivity contribution in [1.82, 2.24) is 10.6 Å². The van der Waals surface area contributed by atoms with E-state index in [4.69, 9.17) is 0 Å². The zero-order chi connectivity index (χ0) is 9.84. The fourth-order valence-corrected chi connectivity index (χ4v) is 1.19. The lowest BCUT2D eigenvalue weighted by molar-refractivity contribution is -0.126. The summed E-state index contributed by atoms with van der Waals surface area (Å²) in [6.45, 7) is 0.987. The average molecular weight is 188 g/mol. The molecule has 0 saturated carbocycles. The summed E-state index contributed by atoms with van der Waals surface area (Å²) in [7, 11) is 0. The number of halogens is 1. The molecule has 5 heteroatoms. The third-order valence-corrected chi connectivity index (χ3v) is 1.93. The van der Waals surface area contributed by atoms with Gasteiger partial charge in [-0.15, -0.1) is 0 Å². The molecular weight excluding hydrogens is 175 g/mol. The summed E-state index contributed by atoms with van der Waals surface area (Å²) in [4.78, 5) is 22.0. The van der Waals surface area contributed by atoms with Gasteiger partial charge in [0.1, 0.15) is 12.7 Å². The molecule has 0 aromatic heterocycles. The SMILES string of the molecule is CC(CF)NC(=O)[C@H]1CCC(=O)N1. The summed E-state index contributed by atoms with van der Waals surface area (Å²) in [6.07, 6.45) is 0.881. The van der Waals surface area contributed by atoms with Gasteiger partial charge in [0, 0.05) is 6.42 Å². The lowest BCUT2D eigenvalue weighted by atomic mass is 10.2. The van der Waals surface area contributed by atoms with Crippen molar-refractivity contribution < 1.29 is 14.0 Å². The Morgan fingerprint density at radius 1 is 1.85 bits per heavy atom. The van der Waals surface area contributed by atoms with Crippen LogP contribution in [0.3, 0.4) is 0 Å². The Kier molecular flexibility index (Phi) is 3.22. The lowest BCUT2D eigenvalue weighted by Crippen LogP contribution is -2.45. The summed E-state index contributed by atoms with van der Waals surface area (Å²) < 4.78 is 12.0. The van der Waals surface area contributed by atoms with Gasteiger partial charge in [-0.2, -0.15) is 0 Å². The van der Waals surface area contributed by atoms with Gasteiger partial charge < -0.3 is 10.6 Å². The quantitative estimate of drug-likeness (QED) is 0.641. The van der Waals surface area contributed by atoms with Gasteiger partial charge in [0.25, 0.3) is 0 Å². The highest BCUT2D eigenvalue weighted by Gasteiger charge is 2.27. The number of nitrogens with one attached hydrogen (secondary N) is 2. The molecule has 0 aromatic rings. The summed E-state index contributed by atoms with van der Waals surface area (Å²) in [5, 5.41) is 4.97. The van der Waals surface area contributed by atoms with Crippen LogP contribution < -0.4 is 10.6 Å². The predicted molar refractivity (Wildman–Crippen MR) is 44.7 cm³/mol. The summed E-state index contributed by atoms with van der Waals surface area (Å²) in [5.41, 5.74) is 0. The molecular formula is C8H13FN2O2. The maximum absolute atomic E-state index is 12.0. The predicted octanol–water partition coefficient (Wildman–Crippen LogP) is -0.261. The van der Waals surface area contributed by atoms with Crippen LogP contribution >= 0.6 is 0 Å². The van der Waals surface area contributed by atoms with E-state index in [1.54, 1.807) is 6.92 Å². The molecule has 2 amide bonds. The minimum atomic E-state index is -0.591. The van der Waals surface area contributed by atoms with Crippen molar-refractivity contribution in [3.63, 3.8) is 0 Å². The van der Waals surface area contributed by atoms with E-state index in [1.165, 1.54) is 0 Å². The monoisotopic (exact) mass is 188 g/mol. The van der Waals surface area contributed by atoms with Crippen LogP contribution in [0.1, 0.15) is 19.8 Å². The van der Waals surface area contributed by atoms with Gasteiger partial charge in [-0.1, -0.05) is 0 Å². The van der Waals surface area contributed by atoms with Crippen molar-refractivity contribution in [2.75, 3.05) is 6.67 Å². The van der Waals surface area contributed by atoms with Gasteiger partial charge in [-0.3, -0.25) is 9.59 Å². The second-order valence-electron chi connectivity index (χ2n) is 3.22. The van der Waals surface area contributed by atoms with Crippen LogP contribution in [0.15, 0.2) is 0 Å². The molecule has 0 spiro atoms. The first-order valence-corrected chi connectivity index (χ1v) is 4.29. The second kappa shape index (κ2) is 4.20. The molecule has 1 fully saturated rings. The molecule has 1 saturated heterocycles. The Balaban J connectivity index is 2.35. The molecule has 1 aliphatic rings. The van der Waals surface area contributed by atoms with Crippen molar-refractivity contribution in [2.24, 2.45) is 0 Å². The smallest absolute Gasteiger partial charge is 0.242 e. The summed E-state index contributed by atoms with van der Waals surface area (Å²) in [5.74, 6) is -0.413. The van der Waals surface area contributed by atoms with Crippen LogP contribution in [0.4, 0.5) is 4.39 Å². The van der Waals surface area contributed by atoms with Gasteiger partial charge in [0.15, 0.2) is 0 Å². The van der Waals surface area contributed by atoms with Crippen LogP contribution in [-0.4, -0.2) is 30.6 Å². The zero-order valence-electron chi connectivity index (χ0n) is 7.47. The number of rotatable bonds is 3. The number of amides is 2. The van der Waals surface area contributed by atoms with Gasteiger partial charge in [-0.05, 0) is 13.3 Å². The lowest BCUT2D eigenvalue weighted by Gasteiger charge is -2.13.